The number of nitrogens with zero attached hydrogens (tertiary/aromatic N) is 1. The highest BCUT2D eigenvalue weighted by atomic mass is 32.1. The Kier molecular flexibility index (Phi) is 7.14. The van der Waals surface area contributed by atoms with Crippen LogP contribution in [0, 0.1) is 5.82 Å². The highest BCUT2D eigenvalue weighted by Crippen LogP contribution is 2.28. The molecule has 7 heteroatoms. The predicted molar refractivity (Wildman–Crippen MR) is 122 cm³/mol. The fourth-order valence-corrected chi connectivity index (χ4v) is 5.40. The number of nitrogens with one attached hydrogen (secondary N) is 1. The molecular weight excluding hydrogens is 431 g/mol. The third kappa shape index (κ3) is 5.60. The summed E-state index contributed by atoms with van der Waals surface area (Å²) in [7, 11) is 0. The standard InChI is InChI=1S/C24H25FN2O2S2/c25-19-9-7-17(8-10-19)15-27(22(28)14-21-6-3-12-31-21)23(18-11-13-30-16-18)24(29)26-20-4-1-2-5-20/h3,6-13,16,20,23H,1-2,4-5,14-15H2,(H,26,29)/t23-/m0/s1. The average Bonchev–Trinajstić information content (AvgIpc) is 3.53. The van der Waals surface area contributed by atoms with Gasteiger partial charge in [-0.25, -0.2) is 4.39 Å². The van der Waals surface area contributed by atoms with Gasteiger partial charge in [0, 0.05) is 17.5 Å². The molecular formula is C24H25FN2O2S2. The molecule has 4 nitrogen and oxygen atoms in total. The van der Waals surface area contributed by atoms with E-state index in [1.165, 1.54) is 34.8 Å². The van der Waals surface area contributed by atoms with E-state index in [1.54, 1.807) is 17.0 Å². The summed E-state index contributed by atoms with van der Waals surface area (Å²) in [6, 6.07) is 11.3. The van der Waals surface area contributed by atoms with Crippen LogP contribution in [0.5, 0.6) is 0 Å². The van der Waals surface area contributed by atoms with Gasteiger partial charge in [-0.2, -0.15) is 11.3 Å². The van der Waals surface area contributed by atoms with Gasteiger partial charge in [-0.15, -0.1) is 11.3 Å². The van der Waals surface area contributed by atoms with Crippen LogP contribution in [0.3, 0.4) is 0 Å². The summed E-state index contributed by atoms with van der Waals surface area (Å²) in [4.78, 5) is 29.5. The molecule has 0 radical (unpaired) electrons. The maximum absolute atomic E-state index is 13.4. The molecule has 162 valence electrons. The van der Waals surface area contributed by atoms with Crippen LogP contribution in [0.15, 0.2) is 58.6 Å². The molecule has 4 rings (SSSR count). The zero-order valence-corrected chi connectivity index (χ0v) is 18.8. The monoisotopic (exact) mass is 456 g/mol. The molecule has 0 spiro atoms. The van der Waals surface area contributed by atoms with Gasteiger partial charge in [0.05, 0.1) is 6.42 Å². The summed E-state index contributed by atoms with van der Waals surface area (Å²) < 4.78 is 13.4. The Bertz CT molecular complexity index is 981. The number of benzene rings is 1. The Morgan fingerprint density at radius 3 is 2.52 bits per heavy atom. The van der Waals surface area contributed by atoms with Crippen LogP contribution >= 0.6 is 22.7 Å². The van der Waals surface area contributed by atoms with E-state index in [-0.39, 0.29) is 36.6 Å². The van der Waals surface area contributed by atoms with Crippen LogP contribution in [0.4, 0.5) is 4.39 Å². The zero-order valence-electron chi connectivity index (χ0n) is 17.1. The van der Waals surface area contributed by atoms with Crippen molar-refractivity contribution in [2.24, 2.45) is 0 Å². The van der Waals surface area contributed by atoms with Crippen LogP contribution < -0.4 is 5.32 Å². The lowest BCUT2D eigenvalue weighted by molar-refractivity contribution is -0.141. The van der Waals surface area contributed by atoms with Crippen LogP contribution in [-0.2, 0) is 22.6 Å². The lowest BCUT2D eigenvalue weighted by atomic mass is 10.0. The first-order valence-corrected chi connectivity index (χ1v) is 12.3. The van der Waals surface area contributed by atoms with Crippen molar-refractivity contribution in [1.29, 1.82) is 0 Å². The highest BCUT2D eigenvalue weighted by Gasteiger charge is 2.33. The molecule has 2 heterocycles. The summed E-state index contributed by atoms with van der Waals surface area (Å²) in [5.41, 5.74) is 1.59. The van der Waals surface area contributed by atoms with Crippen molar-refractivity contribution in [2.75, 3.05) is 0 Å². The van der Waals surface area contributed by atoms with Gasteiger partial charge in [0.25, 0.3) is 0 Å². The Balaban J connectivity index is 1.64. The molecule has 1 aromatic carbocycles. The number of carbonyl (C=O) groups is 2. The molecule has 1 atom stereocenters. The number of rotatable bonds is 8. The second-order valence-electron chi connectivity index (χ2n) is 7.85. The van der Waals surface area contributed by atoms with Gasteiger partial charge in [0.1, 0.15) is 11.9 Å². The fraction of sp³-hybridized carbons (Fsp3) is 0.333. The Morgan fingerprint density at radius 1 is 1.10 bits per heavy atom. The third-order valence-corrected chi connectivity index (χ3v) is 7.19. The van der Waals surface area contributed by atoms with Gasteiger partial charge in [0.2, 0.25) is 11.8 Å². The van der Waals surface area contributed by atoms with Gasteiger partial charge in [-0.3, -0.25) is 9.59 Å². The summed E-state index contributed by atoms with van der Waals surface area (Å²) in [6.45, 7) is 0.239. The number of carbonyl (C=O) groups excluding carboxylic acids is 2. The van der Waals surface area contributed by atoms with Gasteiger partial charge in [0.15, 0.2) is 0 Å². The predicted octanol–water partition coefficient (Wildman–Crippen LogP) is 5.32. The Morgan fingerprint density at radius 2 is 1.87 bits per heavy atom. The van der Waals surface area contributed by atoms with E-state index in [2.05, 4.69) is 5.32 Å². The highest BCUT2D eigenvalue weighted by molar-refractivity contribution is 7.10. The number of hydrogen-bond donors (Lipinski definition) is 1. The van der Waals surface area contributed by atoms with Crippen LogP contribution in [0.25, 0.3) is 0 Å². The summed E-state index contributed by atoms with van der Waals surface area (Å²) in [5, 5.41) is 8.96. The Labute approximate surface area is 189 Å². The smallest absolute Gasteiger partial charge is 0.247 e. The third-order valence-electron chi connectivity index (χ3n) is 5.61. The van der Waals surface area contributed by atoms with Crippen molar-refractivity contribution in [2.45, 2.75) is 50.7 Å². The maximum atomic E-state index is 13.4. The molecule has 0 unspecified atom stereocenters. The van der Waals surface area contributed by atoms with Crippen molar-refractivity contribution in [1.82, 2.24) is 10.2 Å². The lowest BCUT2D eigenvalue weighted by Crippen LogP contribution is -2.46. The van der Waals surface area contributed by atoms with E-state index in [1.807, 2.05) is 34.3 Å². The van der Waals surface area contributed by atoms with Crippen LogP contribution in [-0.4, -0.2) is 22.8 Å². The van der Waals surface area contributed by atoms with Gasteiger partial charge < -0.3 is 10.2 Å². The SMILES string of the molecule is O=C(NC1CCCC1)[C@H](c1ccsc1)N(Cc1ccc(F)cc1)C(=O)Cc1cccs1. The quantitative estimate of drug-likeness (QED) is 0.499. The fourth-order valence-electron chi connectivity index (χ4n) is 4.03. The summed E-state index contributed by atoms with van der Waals surface area (Å²) in [5.74, 6) is -0.593. The molecule has 1 aliphatic carbocycles. The average molecular weight is 457 g/mol. The molecule has 2 aromatic heterocycles. The second-order valence-corrected chi connectivity index (χ2v) is 9.67. The molecule has 1 N–H and O–H groups in total. The van der Waals surface area contributed by atoms with Crippen LogP contribution in [0.1, 0.15) is 47.7 Å². The first kappa shape index (κ1) is 21.7. The molecule has 2 amide bonds. The second kappa shape index (κ2) is 10.2. The number of hydrogen-bond acceptors (Lipinski definition) is 4. The number of amides is 2. The molecule has 31 heavy (non-hydrogen) atoms. The summed E-state index contributed by atoms with van der Waals surface area (Å²) >= 11 is 3.03. The first-order chi connectivity index (χ1) is 15.1. The molecule has 1 aliphatic rings. The van der Waals surface area contributed by atoms with E-state index in [0.29, 0.717) is 0 Å². The van der Waals surface area contributed by atoms with E-state index in [4.69, 9.17) is 0 Å². The normalized spacial score (nSPS) is 15.0. The minimum Gasteiger partial charge on any atom is -0.351 e. The lowest BCUT2D eigenvalue weighted by Gasteiger charge is -2.32. The number of thiophene rings is 2. The minimum absolute atomic E-state index is 0.121. The van der Waals surface area contributed by atoms with Gasteiger partial charge >= 0.3 is 0 Å². The van der Waals surface area contributed by atoms with Crippen LogP contribution in [0.2, 0.25) is 0 Å². The van der Waals surface area contributed by atoms with Crippen molar-refractivity contribution in [3.05, 3.63) is 80.4 Å². The van der Waals surface area contributed by atoms with E-state index < -0.39 is 6.04 Å². The van der Waals surface area contributed by atoms with Crippen molar-refractivity contribution in [3.8, 4) is 0 Å². The van der Waals surface area contributed by atoms with Crippen molar-refractivity contribution < 1.29 is 14.0 Å². The summed E-state index contributed by atoms with van der Waals surface area (Å²) in [6.07, 6.45) is 4.41. The van der Waals surface area contributed by atoms with Crippen molar-refractivity contribution in [3.63, 3.8) is 0 Å². The van der Waals surface area contributed by atoms with E-state index in [9.17, 15) is 14.0 Å². The minimum atomic E-state index is -0.718. The first-order valence-electron chi connectivity index (χ1n) is 10.5. The van der Waals surface area contributed by atoms with Crippen molar-refractivity contribution >= 4 is 34.5 Å². The molecule has 0 saturated heterocycles. The molecule has 3 aromatic rings. The molecule has 0 aliphatic heterocycles. The molecule has 1 fully saturated rings. The molecule has 0 bridgehead atoms. The Hall–Kier alpha value is -2.51. The topological polar surface area (TPSA) is 49.4 Å². The largest absolute Gasteiger partial charge is 0.351 e. The number of halogens is 1. The van der Waals surface area contributed by atoms with E-state index >= 15 is 0 Å². The van der Waals surface area contributed by atoms with Gasteiger partial charge in [-0.05, 0) is 64.4 Å². The maximum Gasteiger partial charge on any atom is 0.247 e. The zero-order chi connectivity index (χ0) is 21.6. The van der Waals surface area contributed by atoms with Gasteiger partial charge in [-0.1, -0.05) is 31.0 Å². The molecule has 1 saturated carbocycles. The van der Waals surface area contributed by atoms with E-state index in [0.717, 1.165) is 41.7 Å².